The van der Waals surface area contributed by atoms with Crippen molar-refractivity contribution >= 4 is 11.3 Å². The van der Waals surface area contributed by atoms with Crippen LogP contribution in [0.1, 0.15) is 36.9 Å². The number of nitrogens with zero attached hydrogens (tertiary/aromatic N) is 2. The van der Waals surface area contributed by atoms with Crippen molar-refractivity contribution in [1.29, 1.82) is 0 Å². The minimum Gasteiger partial charge on any atom is -0.380 e. The maximum Gasteiger partial charge on any atom is 0.107 e. The molecule has 0 amide bonds. The molecule has 0 aliphatic heterocycles. The van der Waals surface area contributed by atoms with E-state index in [0.29, 0.717) is 0 Å². The third kappa shape index (κ3) is 6.31. The van der Waals surface area contributed by atoms with Gasteiger partial charge in [0.25, 0.3) is 0 Å². The number of nitrogens with one attached hydrogen (secondary N) is 1. The predicted octanol–water partition coefficient (Wildman–Crippen LogP) is 2.50. The van der Waals surface area contributed by atoms with E-state index in [1.165, 1.54) is 30.0 Å². The molecule has 1 saturated carbocycles. The van der Waals surface area contributed by atoms with E-state index in [2.05, 4.69) is 34.6 Å². The molecule has 0 aromatic carbocycles. The number of hydrogen-bond acceptors (Lipinski definition) is 5. The average molecular weight is 297 g/mol. The Morgan fingerprint density at radius 2 is 2.35 bits per heavy atom. The van der Waals surface area contributed by atoms with Gasteiger partial charge in [-0.15, -0.1) is 11.3 Å². The number of rotatable bonds is 11. The van der Waals surface area contributed by atoms with Gasteiger partial charge in [-0.1, -0.05) is 6.92 Å². The largest absolute Gasteiger partial charge is 0.380 e. The van der Waals surface area contributed by atoms with Crippen molar-refractivity contribution in [3.63, 3.8) is 0 Å². The number of likely N-dealkylation sites (N-methyl/N-ethyl adjacent to an activating group) is 1. The summed E-state index contributed by atoms with van der Waals surface area (Å²) in [4.78, 5) is 6.94. The van der Waals surface area contributed by atoms with Crippen molar-refractivity contribution in [2.45, 2.75) is 39.3 Å². The third-order valence-electron chi connectivity index (χ3n) is 3.40. The van der Waals surface area contributed by atoms with Crippen molar-refractivity contribution < 1.29 is 4.74 Å². The van der Waals surface area contributed by atoms with Gasteiger partial charge in [-0.05, 0) is 38.8 Å². The zero-order chi connectivity index (χ0) is 14.2. The van der Waals surface area contributed by atoms with Gasteiger partial charge in [0.15, 0.2) is 0 Å². The lowest BCUT2D eigenvalue weighted by Gasteiger charge is -2.15. The van der Waals surface area contributed by atoms with E-state index >= 15 is 0 Å². The molecule has 2 rings (SSSR count). The molecular formula is C15H27N3OS. The number of ether oxygens (including phenoxy) is 1. The summed E-state index contributed by atoms with van der Waals surface area (Å²) in [5.74, 6) is 0.858. The Morgan fingerprint density at radius 1 is 1.50 bits per heavy atom. The Bertz CT molecular complexity index is 379. The predicted molar refractivity (Wildman–Crippen MR) is 84.0 cm³/mol. The smallest absolute Gasteiger partial charge is 0.107 e. The first-order valence-electron chi connectivity index (χ1n) is 7.68. The second-order valence-electron chi connectivity index (χ2n) is 5.67. The van der Waals surface area contributed by atoms with E-state index in [9.17, 15) is 0 Å². The minimum absolute atomic E-state index is 0.835. The van der Waals surface area contributed by atoms with Gasteiger partial charge in [0.2, 0.25) is 0 Å². The van der Waals surface area contributed by atoms with E-state index < -0.39 is 0 Å². The fourth-order valence-electron chi connectivity index (χ4n) is 1.99. The zero-order valence-corrected chi connectivity index (χ0v) is 13.5. The highest BCUT2D eigenvalue weighted by atomic mass is 32.1. The molecule has 0 saturated heterocycles. The number of aromatic nitrogens is 1. The van der Waals surface area contributed by atoms with Crippen LogP contribution in [-0.4, -0.2) is 43.2 Å². The molecule has 0 spiro atoms. The Balaban J connectivity index is 1.58. The van der Waals surface area contributed by atoms with Gasteiger partial charge in [-0.2, -0.15) is 0 Å². The monoisotopic (exact) mass is 297 g/mol. The molecule has 1 aliphatic carbocycles. The molecule has 0 atom stereocenters. The molecule has 1 aromatic rings. The Labute approximate surface area is 126 Å². The molecule has 0 unspecified atom stereocenters. The second kappa shape index (κ2) is 8.72. The van der Waals surface area contributed by atoms with Crippen molar-refractivity contribution in [2.24, 2.45) is 5.92 Å². The van der Waals surface area contributed by atoms with Crippen LogP contribution in [0.25, 0.3) is 0 Å². The summed E-state index contributed by atoms with van der Waals surface area (Å²) >= 11 is 1.75. The molecule has 20 heavy (non-hydrogen) atoms. The van der Waals surface area contributed by atoms with Gasteiger partial charge in [-0.3, -0.25) is 4.90 Å². The lowest BCUT2D eigenvalue weighted by molar-refractivity contribution is 0.101. The van der Waals surface area contributed by atoms with Crippen LogP contribution in [0.4, 0.5) is 0 Å². The van der Waals surface area contributed by atoms with Crippen LogP contribution in [-0.2, 0) is 17.8 Å². The van der Waals surface area contributed by atoms with Crippen LogP contribution in [0.2, 0.25) is 0 Å². The summed E-state index contributed by atoms with van der Waals surface area (Å²) in [5.41, 5.74) is 1.17. The quantitative estimate of drug-likeness (QED) is 0.637. The van der Waals surface area contributed by atoms with Crippen molar-refractivity contribution in [1.82, 2.24) is 15.2 Å². The molecular weight excluding hydrogens is 270 g/mol. The van der Waals surface area contributed by atoms with Crippen LogP contribution in [0.15, 0.2) is 5.38 Å². The first kappa shape index (κ1) is 15.9. The van der Waals surface area contributed by atoms with Crippen LogP contribution in [0.5, 0.6) is 0 Å². The summed E-state index contributed by atoms with van der Waals surface area (Å²) in [5, 5.41) is 6.75. The number of hydrogen-bond donors (Lipinski definition) is 1. The molecule has 5 heteroatoms. The van der Waals surface area contributed by atoms with Gasteiger partial charge in [0.1, 0.15) is 5.01 Å². The summed E-state index contributed by atoms with van der Waals surface area (Å²) < 4.78 is 5.67. The molecule has 1 aromatic heterocycles. The highest BCUT2D eigenvalue weighted by Gasteiger charge is 2.20. The first-order chi connectivity index (χ1) is 9.78. The first-order valence-corrected chi connectivity index (χ1v) is 8.56. The molecule has 1 heterocycles. The SMILES string of the molecule is CCCNCc1nc(CN(C)CCOCC2CC2)cs1. The van der Waals surface area contributed by atoms with Gasteiger partial charge >= 0.3 is 0 Å². The van der Waals surface area contributed by atoms with Crippen LogP contribution in [0, 0.1) is 5.92 Å². The van der Waals surface area contributed by atoms with Gasteiger partial charge in [0, 0.05) is 31.6 Å². The Kier molecular flexibility index (Phi) is 6.93. The molecule has 0 radical (unpaired) electrons. The molecule has 1 N–H and O–H groups in total. The van der Waals surface area contributed by atoms with Crippen molar-refractivity contribution in [3.05, 3.63) is 16.1 Å². The zero-order valence-electron chi connectivity index (χ0n) is 12.7. The van der Waals surface area contributed by atoms with E-state index in [0.717, 1.165) is 45.3 Å². The highest BCUT2D eigenvalue weighted by Crippen LogP contribution is 2.28. The van der Waals surface area contributed by atoms with E-state index in [1.807, 2.05) is 0 Å². The average Bonchev–Trinajstić information content (AvgIpc) is 3.16. The molecule has 1 fully saturated rings. The lowest BCUT2D eigenvalue weighted by atomic mass is 10.4. The maximum absolute atomic E-state index is 5.67. The fourth-order valence-corrected chi connectivity index (χ4v) is 2.74. The summed E-state index contributed by atoms with van der Waals surface area (Å²) in [6, 6.07) is 0. The van der Waals surface area contributed by atoms with E-state index in [-0.39, 0.29) is 0 Å². The third-order valence-corrected chi connectivity index (χ3v) is 4.30. The second-order valence-corrected chi connectivity index (χ2v) is 6.61. The Hall–Kier alpha value is -0.490. The standard InChI is InChI=1S/C15H27N3OS/c1-3-6-16-9-15-17-14(12-20-15)10-18(2)7-8-19-11-13-4-5-13/h12-13,16H,3-11H2,1-2H3. The lowest BCUT2D eigenvalue weighted by Crippen LogP contribution is -2.23. The number of thiazole rings is 1. The summed E-state index contributed by atoms with van der Waals surface area (Å²) in [6.07, 6.45) is 3.90. The fraction of sp³-hybridized carbons (Fsp3) is 0.800. The molecule has 114 valence electrons. The maximum atomic E-state index is 5.67. The van der Waals surface area contributed by atoms with Gasteiger partial charge in [0.05, 0.1) is 12.3 Å². The normalized spacial score (nSPS) is 15.2. The molecule has 1 aliphatic rings. The summed E-state index contributed by atoms with van der Waals surface area (Å²) in [6.45, 7) is 7.82. The minimum atomic E-state index is 0.835. The summed E-state index contributed by atoms with van der Waals surface area (Å²) in [7, 11) is 2.13. The van der Waals surface area contributed by atoms with E-state index in [4.69, 9.17) is 4.74 Å². The van der Waals surface area contributed by atoms with Crippen molar-refractivity contribution in [3.8, 4) is 0 Å². The van der Waals surface area contributed by atoms with Gasteiger partial charge < -0.3 is 10.1 Å². The molecule has 0 bridgehead atoms. The van der Waals surface area contributed by atoms with Crippen LogP contribution >= 0.6 is 11.3 Å². The van der Waals surface area contributed by atoms with Gasteiger partial charge in [-0.25, -0.2) is 4.98 Å². The molecule has 4 nitrogen and oxygen atoms in total. The Morgan fingerprint density at radius 3 is 3.10 bits per heavy atom. The van der Waals surface area contributed by atoms with Crippen LogP contribution in [0.3, 0.4) is 0 Å². The topological polar surface area (TPSA) is 37.4 Å². The van der Waals surface area contributed by atoms with Crippen molar-refractivity contribution in [2.75, 3.05) is 33.4 Å². The van der Waals surface area contributed by atoms with E-state index in [1.54, 1.807) is 11.3 Å². The highest BCUT2D eigenvalue weighted by molar-refractivity contribution is 7.09. The van der Waals surface area contributed by atoms with Crippen LogP contribution < -0.4 is 5.32 Å².